The number of H-pyrrole nitrogens is 1. The molecule has 2 N–H and O–H groups in total. The number of carbonyl (C=O) groups excluding carboxylic acids is 1. The summed E-state index contributed by atoms with van der Waals surface area (Å²) in [5.41, 5.74) is 3.08. The summed E-state index contributed by atoms with van der Waals surface area (Å²) in [5, 5.41) is 2.93. The predicted octanol–water partition coefficient (Wildman–Crippen LogP) is 2.68. The summed E-state index contributed by atoms with van der Waals surface area (Å²) in [6.07, 6.45) is 2.61. The second-order valence-corrected chi connectivity index (χ2v) is 4.55. The molecule has 0 saturated heterocycles. The Morgan fingerprint density at radius 1 is 1.44 bits per heavy atom. The van der Waals surface area contributed by atoms with Gasteiger partial charge in [0.15, 0.2) is 0 Å². The molecule has 0 aliphatic heterocycles. The summed E-state index contributed by atoms with van der Waals surface area (Å²) in [5.74, 6) is 1.03. The Morgan fingerprint density at radius 3 is 3.06 bits per heavy atom. The molecule has 0 radical (unpaired) electrons. The number of unbranched alkanes of at least 4 members (excludes halogenated alkanes) is 1. The lowest BCUT2D eigenvalue weighted by Gasteiger charge is -2.04. The van der Waals surface area contributed by atoms with Gasteiger partial charge < -0.3 is 10.3 Å². The number of fused-ring (bicyclic) bond motifs is 1. The van der Waals surface area contributed by atoms with Gasteiger partial charge in [0.25, 0.3) is 0 Å². The minimum absolute atomic E-state index is 0.123. The lowest BCUT2D eigenvalue weighted by atomic mass is 10.2. The van der Waals surface area contributed by atoms with Crippen molar-refractivity contribution in [3.8, 4) is 0 Å². The van der Waals surface area contributed by atoms with Crippen LogP contribution in [-0.2, 0) is 11.3 Å². The van der Waals surface area contributed by atoms with Crippen molar-refractivity contribution in [2.75, 3.05) is 0 Å². The van der Waals surface area contributed by atoms with E-state index in [9.17, 15) is 4.79 Å². The van der Waals surface area contributed by atoms with Crippen LogP contribution in [0.5, 0.6) is 0 Å². The van der Waals surface area contributed by atoms with E-state index in [0.29, 0.717) is 13.0 Å². The van der Waals surface area contributed by atoms with Crippen molar-refractivity contribution in [2.24, 2.45) is 0 Å². The van der Waals surface area contributed by atoms with Crippen molar-refractivity contribution in [1.29, 1.82) is 0 Å². The zero-order valence-corrected chi connectivity index (χ0v) is 10.9. The number of rotatable bonds is 5. The van der Waals surface area contributed by atoms with Crippen LogP contribution in [0.3, 0.4) is 0 Å². The normalized spacial score (nSPS) is 10.8. The fourth-order valence-electron chi connectivity index (χ4n) is 1.92. The summed E-state index contributed by atoms with van der Waals surface area (Å²) in [4.78, 5) is 19.1. The molecule has 0 fully saturated rings. The van der Waals surface area contributed by atoms with Crippen LogP contribution >= 0.6 is 0 Å². The number of aromatic amines is 1. The first-order valence-electron chi connectivity index (χ1n) is 6.41. The topological polar surface area (TPSA) is 57.8 Å². The number of benzene rings is 1. The summed E-state index contributed by atoms with van der Waals surface area (Å²) >= 11 is 0. The third kappa shape index (κ3) is 3.09. The second-order valence-electron chi connectivity index (χ2n) is 4.55. The van der Waals surface area contributed by atoms with Gasteiger partial charge in [-0.3, -0.25) is 4.79 Å². The molecular weight excluding hydrogens is 226 g/mol. The van der Waals surface area contributed by atoms with E-state index in [0.717, 1.165) is 35.3 Å². The molecule has 2 rings (SSSR count). The predicted molar refractivity (Wildman–Crippen MR) is 72.2 cm³/mol. The Kier molecular flexibility index (Phi) is 3.97. The molecule has 18 heavy (non-hydrogen) atoms. The molecule has 96 valence electrons. The van der Waals surface area contributed by atoms with E-state index < -0.39 is 0 Å². The molecule has 1 amide bonds. The molecule has 0 aliphatic carbocycles. The van der Waals surface area contributed by atoms with Crippen LogP contribution in [0.2, 0.25) is 0 Å². The number of hydrogen-bond acceptors (Lipinski definition) is 2. The number of amides is 1. The van der Waals surface area contributed by atoms with E-state index in [1.54, 1.807) is 0 Å². The van der Waals surface area contributed by atoms with E-state index in [-0.39, 0.29) is 5.91 Å². The zero-order chi connectivity index (χ0) is 13.0. The van der Waals surface area contributed by atoms with Crippen LogP contribution < -0.4 is 5.32 Å². The maximum atomic E-state index is 11.5. The highest BCUT2D eigenvalue weighted by Gasteiger charge is 2.03. The number of aromatic nitrogens is 2. The first kappa shape index (κ1) is 12.6. The van der Waals surface area contributed by atoms with E-state index >= 15 is 0 Å². The molecule has 0 spiro atoms. The molecule has 0 saturated carbocycles. The molecule has 2 aromatic rings. The molecule has 1 heterocycles. The highest BCUT2D eigenvalue weighted by Crippen LogP contribution is 2.13. The Bertz CT molecular complexity index is 545. The average molecular weight is 245 g/mol. The largest absolute Gasteiger partial charge is 0.352 e. The van der Waals surface area contributed by atoms with Crippen LogP contribution in [0.1, 0.15) is 37.6 Å². The zero-order valence-electron chi connectivity index (χ0n) is 10.9. The van der Waals surface area contributed by atoms with E-state index in [1.807, 2.05) is 25.1 Å². The molecule has 0 unspecified atom stereocenters. The molecule has 0 aliphatic rings. The van der Waals surface area contributed by atoms with E-state index in [1.165, 1.54) is 0 Å². The van der Waals surface area contributed by atoms with Crippen LogP contribution in [-0.4, -0.2) is 15.9 Å². The van der Waals surface area contributed by atoms with Gasteiger partial charge in [0, 0.05) is 13.0 Å². The summed E-state index contributed by atoms with van der Waals surface area (Å²) in [6.45, 7) is 4.60. The molecule has 1 aromatic heterocycles. The smallest absolute Gasteiger partial charge is 0.220 e. The summed E-state index contributed by atoms with van der Waals surface area (Å²) in [7, 11) is 0. The van der Waals surface area contributed by atoms with Crippen LogP contribution in [0.4, 0.5) is 0 Å². The standard InChI is InChI=1S/C14H19N3O/c1-3-4-5-14(18)15-9-11-6-7-12-13(8-11)17-10(2)16-12/h6-8H,3-5,9H2,1-2H3,(H,15,18)(H,16,17). The Morgan fingerprint density at radius 2 is 2.28 bits per heavy atom. The van der Waals surface area contributed by atoms with Crippen molar-refractivity contribution in [3.63, 3.8) is 0 Å². The molecule has 4 nitrogen and oxygen atoms in total. The Hall–Kier alpha value is -1.84. The minimum atomic E-state index is 0.123. The monoisotopic (exact) mass is 245 g/mol. The van der Waals surface area contributed by atoms with E-state index in [2.05, 4.69) is 22.2 Å². The van der Waals surface area contributed by atoms with Gasteiger partial charge in [0.05, 0.1) is 11.0 Å². The fourth-order valence-corrected chi connectivity index (χ4v) is 1.92. The van der Waals surface area contributed by atoms with Gasteiger partial charge in [0.1, 0.15) is 5.82 Å². The highest BCUT2D eigenvalue weighted by atomic mass is 16.1. The minimum Gasteiger partial charge on any atom is -0.352 e. The first-order valence-corrected chi connectivity index (χ1v) is 6.41. The molecular formula is C14H19N3O. The van der Waals surface area contributed by atoms with Crippen LogP contribution in [0, 0.1) is 6.92 Å². The van der Waals surface area contributed by atoms with Gasteiger partial charge in [-0.05, 0) is 31.0 Å². The number of hydrogen-bond donors (Lipinski definition) is 2. The summed E-state index contributed by atoms with van der Waals surface area (Å²) in [6, 6.07) is 6.02. The SMILES string of the molecule is CCCCC(=O)NCc1ccc2nc(C)[nH]c2c1. The van der Waals surface area contributed by atoms with Crippen molar-refractivity contribution < 1.29 is 4.79 Å². The maximum absolute atomic E-state index is 11.5. The molecule has 4 heteroatoms. The number of carbonyl (C=O) groups is 1. The van der Waals surface area contributed by atoms with Gasteiger partial charge in [-0.15, -0.1) is 0 Å². The second kappa shape index (κ2) is 5.67. The Labute approximate surface area is 107 Å². The lowest BCUT2D eigenvalue weighted by Crippen LogP contribution is -2.22. The maximum Gasteiger partial charge on any atom is 0.220 e. The van der Waals surface area contributed by atoms with Gasteiger partial charge in [0.2, 0.25) is 5.91 Å². The third-order valence-corrected chi connectivity index (χ3v) is 2.91. The van der Waals surface area contributed by atoms with Gasteiger partial charge in [-0.2, -0.15) is 0 Å². The van der Waals surface area contributed by atoms with Crippen LogP contribution in [0.25, 0.3) is 11.0 Å². The van der Waals surface area contributed by atoms with Crippen molar-refractivity contribution >= 4 is 16.9 Å². The first-order chi connectivity index (χ1) is 8.69. The van der Waals surface area contributed by atoms with Gasteiger partial charge in [-0.25, -0.2) is 4.98 Å². The number of nitrogens with zero attached hydrogens (tertiary/aromatic N) is 1. The Balaban J connectivity index is 1.97. The van der Waals surface area contributed by atoms with Crippen molar-refractivity contribution in [2.45, 2.75) is 39.7 Å². The van der Waals surface area contributed by atoms with Crippen molar-refractivity contribution in [3.05, 3.63) is 29.6 Å². The number of nitrogens with one attached hydrogen (secondary N) is 2. The average Bonchev–Trinajstić information content (AvgIpc) is 2.73. The highest BCUT2D eigenvalue weighted by molar-refractivity contribution is 5.77. The number of aryl methyl sites for hydroxylation is 1. The number of imidazole rings is 1. The van der Waals surface area contributed by atoms with Crippen LogP contribution in [0.15, 0.2) is 18.2 Å². The quantitative estimate of drug-likeness (QED) is 0.850. The molecule has 0 bridgehead atoms. The van der Waals surface area contributed by atoms with Gasteiger partial charge >= 0.3 is 0 Å². The molecule has 0 atom stereocenters. The lowest BCUT2D eigenvalue weighted by molar-refractivity contribution is -0.121. The third-order valence-electron chi connectivity index (χ3n) is 2.91. The summed E-state index contributed by atoms with van der Waals surface area (Å²) < 4.78 is 0. The van der Waals surface area contributed by atoms with E-state index in [4.69, 9.17) is 0 Å². The van der Waals surface area contributed by atoms with Crippen molar-refractivity contribution in [1.82, 2.24) is 15.3 Å². The fraction of sp³-hybridized carbons (Fsp3) is 0.429. The van der Waals surface area contributed by atoms with Gasteiger partial charge in [-0.1, -0.05) is 19.4 Å². The molecule has 1 aromatic carbocycles.